The number of aromatic hydroxyl groups is 1. The van der Waals surface area contributed by atoms with Gasteiger partial charge in [0, 0.05) is 11.8 Å². The Hall–Kier alpha value is -2.81. The maximum absolute atomic E-state index is 10.1. The van der Waals surface area contributed by atoms with E-state index < -0.39 is 0 Å². The van der Waals surface area contributed by atoms with E-state index in [1.807, 2.05) is 53.4 Å². The molecule has 0 aliphatic carbocycles. The summed E-state index contributed by atoms with van der Waals surface area (Å²) < 4.78 is 1.88. The summed E-state index contributed by atoms with van der Waals surface area (Å²) in [5.41, 5.74) is 3.84. The molecule has 0 radical (unpaired) electrons. The quantitative estimate of drug-likeness (QED) is 0.720. The number of allylic oxidation sites excluding steroid dienone is 1. The van der Waals surface area contributed by atoms with Crippen LogP contribution in [0.2, 0.25) is 0 Å². The van der Waals surface area contributed by atoms with Crippen LogP contribution in [0.4, 0.5) is 0 Å². The molecule has 3 heteroatoms. The molecule has 3 aromatic rings. The molecule has 1 heterocycles. The number of aromatic nitrogens is 2. The highest BCUT2D eigenvalue weighted by Crippen LogP contribution is 2.29. The number of benzene rings is 2. The normalized spacial score (nSPS) is 10.5. The van der Waals surface area contributed by atoms with Crippen molar-refractivity contribution < 1.29 is 5.11 Å². The van der Waals surface area contributed by atoms with Crippen LogP contribution in [0.15, 0.2) is 73.4 Å². The van der Waals surface area contributed by atoms with Gasteiger partial charge in [-0.3, -0.25) is 4.68 Å². The first-order valence-corrected chi connectivity index (χ1v) is 7.27. The highest BCUT2D eigenvalue weighted by atomic mass is 16.3. The Morgan fingerprint density at radius 1 is 1.05 bits per heavy atom. The maximum Gasteiger partial charge on any atom is 0.125 e. The van der Waals surface area contributed by atoms with E-state index in [2.05, 4.69) is 23.8 Å². The van der Waals surface area contributed by atoms with Crippen molar-refractivity contribution in [3.05, 3.63) is 84.6 Å². The second kappa shape index (κ2) is 6.31. The summed E-state index contributed by atoms with van der Waals surface area (Å²) in [6, 6.07) is 17.7. The molecule has 22 heavy (non-hydrogen) atoms. The predicted molar refractivity (Wildman–Crippen MR) is 88.8 cm³/mol. The number of nitrogens with zero attached hydrogens (tertiary/aromatic N) is 2. The summed E-state index contributed by atoms with van der Waals surface area (Å²) >= 11 is 0. The Morgan fingerprint density at radius 2 is 1.86 bits per heavy atom. The van der Waals surface area contributed by atoms with E-state index >= 15 is 0 Å². The van der Waals surface area contributed by atoms with Gasteiger partial charge in [-0.1, -0.05) is 42.5 Å². The molecule has 1 N–H and O–H groups in total. The number of hydrogen-bond donors (Lipinski definition) is 1. The average Bonchev–Trinajstić information content (AvgIpc) is 2.99. The molecule has 3 rings (SSSR count). The Bertz CT molecular complexity index is 775. The van der Waals surface area contributed by atoms with Crippen molar-refractivity contribution >= 4 is 0 Å². The zero-order chi connectivity index (χ0) is 15.4. The second-order valence-electron chi connectivity index (χ2n) is 5.23. The van der Waals surface area contributed by atoms with Gasteiger partial charge in [0.1, 0.15) is 5.75 Å². The zero-order valence-electron chi connectivity index (χ0n) is 12.3. The highest BCUT2D eigenvalue weighted by molar-refractivity contribution is 5.67. The number of phenols is 1. The molecule has 0 aliphatic heterocycles. The monoisotopic (exact) mass is 290 g/mol. The first-order valence-electron chi connectivity index (χ1n) is 7.27. The van der Waals surface area contributed by atoms with Crippen molar-refractivity contribution in [2.45, 2.75) is 13.0 Å². The third kappa shape index (κ3) is 3.09. The smallest absolute Gasteiger partial charge is 0.125 e. The molecule has 3 nitrogen and oxygen atoms in total. The Morgan fingerprint density at radius 3 is 2.64 bits per heavy atom. The van der Waals surface area contributed by atoms with Crippen molar-refractivity contribution in [2.24, 2.45) is 0 Å². The second-order valence-corrected chi connectivity index (χ2v) is 5.23. The van der Waals surface area contributed by atoms with E-state index in [1.54, 1.807) is 6.07 Å². The first kappa shape index (κ1) is 14.1. The fourth-order valence-corrected chi connectivity index (χ4v) is 2.45. The Kier molecular flexibility index (Phi) is 4.05. The molecule has 0 spiro atoms. The van der Waals surface area contributed by atoms with E-state index in [-0.39, 0.29) is 5.75 Å². The van der Waals surface area contributed by atoms with Crippen molar-refractivity contribution in [3.8, 4) is 17.0 Å². The van der Waals surface area contributed by atoms with Gasteiger partial charge in [0.05, 0.1) is 12.2 Å². The fraction of sp³-hybridized carbons (Fsp3) is 0.105. The lowest BCUT2D eigenvalue weighted by Gasteiger charge is -2.05. The van der Waals surface area contributed by atoms with Gasteiger partial charge in [-0.15, -0.1) is 6.58 Å². The third-order valence-electron chi connectivity index (χ3n) is 3.55. The van der Waals surface area contributed by atoms with E-state index in [4.69, 9.17) is 0 Å². The fourth-order valence-electron chi connectivity index (χ4n) is 2.45. The Labute approximate surface area is 130 Å². The first-order chi connectivity index (χ1) is 10.8. The van der Waals surface area contributed by atoms with Gasteiger partial charge in [0.15, 0.2) is 0 Å². The summed E-state index contributed by atoms with van der Waals surface area (Å²) in [6.45, 7) is 4.47. The molecular weight excluding hydrogens is 272 g/mol. The van der Waals surface area contributed by atoms with Crippen molar-refractivity contribution in [2.75, 3.05) is 0 Å². The molecule has 110 valence electrons. The summed E-state index contributed by atoms with van der Waals surface area (Å²) in [5.74, 6) is 0.248. The molecule has 0 saturated carbocycles. The minimum atomic E-state index is 0.248. The van der Waals surface area contributed by atoms with Crippen LogP contribution in [-0.4, -0.2) is 14.9 Å². The largest absolute Gasteiger partial charge is 0.507 e. The maximum atomic E-state index is 10.1. The van der Waals surface area contributed by atoms with Crippen LogP contribution >= 0.6 is 0 Å². The van der Waals surface area contributed by atoms with E-state index in [9.17, 15) is 5.11 Å². The molecule has 0 unspecified atom stereocenters. The van der Waals surface area contributed by atoms with E-state index in [1.165, 1.54) is 5.56 Å². The molecule has 2 aromatic carbocycles. The predicted octanol–water partition coefficient (Wildman–Crippen LogP) is 4.03. The van der Waals surface area contributed by atoms with Crippen LogP contribution in [0.5, 0.6) is 5.75 Å². The van der Waals surface area contributed by atoms with Gasteiger partial charge >= 0.3 is 0 Å². The van der Waals surface area contributed by atoms with E-state index in [0.717, 1.165) is 23.2 Å². The minimum absolute atomic E-state index is 0.248. The van der Waals surface area contributed by atoms with Gasteiger partial charge in [-0.2, -0.15) is 5.10 Å². The average molecular weight is 290 g/mol. The lowest BCUT2D eigenvalue weighted by Crippen LogP contribution is -2.00. The summed E-state index contributed by atoms with van der Waals surface area (Å²) in [7, 11) is 0. The van der Waals surface area contributed by atoms with Gasteiger partial charge in [0.2, 0.25) is 0 Å². The standard InChI is InChI=1S/C19H18N2O/c1-2-6-15-9-10-19(22)17(13-15)18-11-12-21(20-18)14-16-7-4-3-5-8-16/h2-5,7-13,22H,1,6,14H2. The van der Waals surface area contributed by atoms with Gasteiger partial charge in [0.25, 0.3) is 0 Å². The lowest BCUT2D eigenvalue weighted by atomic mass is 10.0. The molecule has 0 aliphatic rings. The van der Waals surface area contributed by atoms with Crippen LogP contribution in [0, 0.1) is 0 Å². The SMILES string of the molecule is C=CCc1ccc(O)c(-c2ccn(Cc3ccccc3)n2)c1. The van der Waals surface area contributed by atoms with Crippen LogP contribution in [0.3, 0.4) is 0 Å². The number of phenolic OH excluding ortho intramolecular Hbond substituents is 1. The van der Waals surface area contributed by atoms with Gasteiger partial charge in [-0.05, 0) is 35.7 Å². The number of hydrogen-bond acceptors (Lipinski definition) is 2. The van der Waals surface area contributed by atoms with E-state index in [0.29, 0.717) is 6.54 Å². The topological polar surface area (TPSA) is 38.0 Å². The molecule has 0 atom stereocenters. The third-order valence-corrected chi connectivity index (χ3v) is 3.55. The van der Waals surface area contributed by atoms with Crippen molar-refractivity contribution in [1.82, 2.24) is 9.78 Å². The molecule has 0 amide bonds. The van der Waals surface area contributed by atoms with Crippen LogP contribution in [-0.2, 0) is 13.0 Å². The number of rotatable bonds is 5. The minimum Gasteiger partial charge on any atom is -0.507 e. The molecule has 0 saturated heterocycles. The van der Waals surface area contributed by atoms with Gasteiger partial charge < -0.3 is 5.11 Å². The summed E-state index contributed by atoms with van der Waals surface area (Å²) in [5, 5.41) is 14.6. The van der Waals surface area contributed by atoms with Crippen LogP contribution in [0.25, 0.3) is 11.3 Å². The summed E-state index contributed by atoms with van der Waals surface area (Å²) in [4.78, 5) is 0. The Balaban J connectivity index is 1.87. The van der Waals surface area contributed by atoms with Crippen LogP contribution in [0.1, 0.15) is 11.1 Å². The zero-order valence-corrected chi connectivity index (χ0v) is 12.3. The molecule has 0 bridgehead atoms. The van der Waals surface area contributed by atoms with Crippen LogP contribution < -0.4 is 0 Å². The summed E-state index contributed by atoms with van der Waals surface area (Å²) in [6.07, 6.45) is 4.56. The van der Waals surface area contributed by atoms with Crippen molar-refractivity contribution in [1.29, 1.82) is 0 Å². The molecular formula is C19H18N2O. The molecule has 0 fully saturated rings. The van der Waals surface area contributed by atoms with Crippen molar-refractivity contribution in [3.63, 3.8) is 0 Å². The lowest BCUT2D eigenvalue weighted by molar-refractivity contribution is 0.477. The highest BCUT2D eigenvalue weighted by Gasteiger charge is 2.09. The molecule has 1 aromatic heterocycles. The van der Waals surface area contributed by atoms with Gasteiger partial charge in [-0.25, -0.2) is 0 Å².